The average molecular weight is 287 g/mol. The van der Waals surface area contributed by atoms with Gasteiger partial charge in [-0.05, 0) is 43.0 Å². The smallest absolute Gasteiger partial charge is 0.134 e. The second-order valence-electron chi connectivity index (χ2n) is 4.19. The summed E-state index contributed by atoms with van der Waals surface area (Å²) in [4.78, 5) is 2.16. The predicted molar refractivity (Wildman–Crippen MR) is 70.7 cm³/mol. The van der Waals surface area contributed by atoms with E-state index in [1.807, 2.05) is 18.2 Å². The molecule has 0 heterocycles. The second-order valence-corrected chi connectivity index (χ2v) is 5.05. The minimum atomic E-state index is 0.326. The van der Waals surface area contributed by atoms with Crippen LogP contribution in [0, 0.1) is 0 Å². The van der Waals surface area contributed by atoms with Gasteiger partial charge in [0.05, 0.1) is 4.47 Å². The number of rotatable bonds is 5. The molecule has 0 saturated heterocycles. The molecule has 4 heteroatoms. The molecule has 0 saturated carbocycles. The van der Waals surface area contributed by atoms with Gasteiger partial charge in [-0.25, -0.2) is 0 Å². The van der Waals surface area contributed by atoms with Gasteiger partial charge in [0.25, 0.3) is 0 Å². The molecule has 0 aromatic heterocycles. The van der Waals surface area contributed by atoms with Crippen LogP contribution < -0.4 is 5.32 Å². The number of likely N-dealkylation sites (N-methyl/N-ethyl adjacent to an activating group) is 1. The van der Waals surface area contributed by atoms with Gasteiger partial charge in [-0.1, -0.05) is 12.1 Å². The summed E-state index contributed by atoms with van der Waals surface area (Å²) in [6.07, 6.45) is 0. The van der Waals surface area contributed by atoms with Crippen molar-refractivity contribution in [1.29, 1.82) is 0 Å². The lowest BCUT2D eigenvalue weighted by atomic mass is 10.2. The normalized spacial score (nSPS) is 13.1. The molecule has 1 unspecified atom stereocenters. The van der Waals surface area contributed by atoms with Gasteiger partial charge in [-0.2, -0.15) is 0 Å². The Morgan fingerprint density at radius 2 is 2.12 bits per heavy atom. The summed E-state index contributed by atoms with van der Waals surface area (Å²) in [6.45, 7) is 3.75. The number of aromatic hydroxyl groups is 1. The van der Waals surface area contributed by atoms with Crippen molar-refractivity contribution >= 4 is 15.9 Å². The molecule has 90 valence electrons. The lowest BCUT2D eigenvalue weighted by Gasteiger charge is -2.20. The van der Waals surface area contributed by atoms with E-state index in [2.05, 4.69) is 47.2 Å². The number of phenols is 1. The van der Waals surface area contributed by atoms with Crippen LogP contribution in [0.5, 0.6) is 5.75 Å². The zero-order valence-electron chi connectivity index (χ0n) is 10.00. The fourth-order valence-electron chi connectivity index (χ4n) is 1.30. The summed E-state index contributed by atoms with van der Waals surface area (Å²) in [5.41, 5.74) is 0.917. The van der Waals surface area contributed by atoms with Gasteiger partial charge in [0.15, 0.2) is 0 Å². The average Bonchev–Trinajstić information content (AvgIpc) is 2.24. The summed E-state index contributed by atoms with van der Waals surface area (Å²) < 4.78 is 0.743. The Morgan fingerprint density at radius 3 is 2.75 bits per heavy atom. The third-order valence-corrected chi connectivity index (χ3v) is 3.35. The number of hydrogen-bond acceptors (Lipinski definition) is 3. The highest BCUT2D eigenvalue weighted by atomic mass is 79.9. The van der Waals surface area contributed by atoms with Crippen molar-refractivity contribution in [2.75, 3.05) is 20.6 Å². The fourth-order valence-corrected chi connectivity index (χ4v) is 1.71. The zero-order chi connectivity index (χ0) is 12.1. The highest BCUT2D eigenvalue weighted by Crippen LogP contribution is 2.27. The van der Waals surface area contributed by atoms with E-state index in [1.54, 1.807) is 0 Å². The lowest BCUT2D eigenvalue weighted by Crippen LogP contribution is -2.35. The van der Waals surface area contributed by atoms with Gasteiger partial charge in [-0.15, -0.1) is 0 Å². The zero-order valence-corrected chi connectivity index (χ0v) is 11.6. The van der Waals surface area contributed by atoms with Crippen molar-refractivity contribution in [3.05, 3.63) is 28.2 Å². The first-order valence-electron chi connectivity index (χ1n) is 5.36. The minimum absolute atomic E-state index is 0.326. The number of benzene rings is 1. The van der Waals surface area contributed by atoms with Crippen LogP contribution >= 0.6 is 15.9 Å². The maximum atomic E-state index is 9.77. The van der Waals surface area contributed by atoms with Gasteiger partial charge < -0.3 is 15.3 Å². The van der Waals surface area contributed by atoms with Crippen LogP contribution in [0.25, 0.3) is 0 Å². The molecule has 1 atom stereocenters. The van der Waals surface area contributed by atoms with Crippen molar-refractivity contribution in [3.63, 3.8) is 0 Å². The van der Waals surface area contributed by atoms with E-state index in [9.17, 15) is 5.11 Å². The van der Waals surface area contributed by atoms with Gasteiger partial charge >= 0.3 is 0 Å². The number of phenolic OH excluding ortho intramolecular Hbond substituents is 1. The van der Waals surface area contributed by atoms with Crippen LogP contribution in [0.3, 0.4) is 0 Å². The first-order valence-corrected chi connectivity index (χ1v) is 6.15. The SMILES string of the molecule is CC(CNCc1cccc(Br)c1O)N(C)C. The van der Waals surface area contributed by atoms with Crippen LogP contribution in [0.1, 0.15) is 12.5 Å². The molecule has 0 amide bonds. The van der Waals surface area contributed by atoms with E-state index < -0.39 is 0 Å². The third-order valence-electron chi connectivity index (χ3n) is 2.71. The van der Waals surface area contributed by atoms with Crippen molar-refractivity contribution in [1.82, 2.24) is 10.2 Å². The number of nitrogens with one attached hydrogen (secondary N) is 1. The molecule has 0 aliphatic carbocycles. The molecule has 0 spiro atoms. The first kappa shape index (κ1) is 13.5. The molecule has 1 aromatic carbocycles. The van der Waals surface area contributed by atoms with Gasteiger partial charge in [-0.3, -0.25) is 0 Å². The lowest BCUT2D eigenvalue weighted by molar-refractivity contribution is 0.302. The summed E-state index contributed by atoms with van der Waals surface area (Å²) in [5.74, 6) is 0.326. The largest absolute Gasteiger partial charge is 0.506 e. The summed E-state index contributed by atoms with van der Waals surface area (Å²) >= 11 is 3.30. The van der Waals surface area contributed by atoms with Crippen molar-refractivity contribution in [2.45, 2.75) is 19.5 Å². The Morgan fingerprint density at radius 1 is 1.44 bits per heavy atom. The Hall–Kier alpha value is -0.580. The Bertz CT molecular complexity index is 342. The van der Waals surface area contributed by atoms with E-state index in [1.165, 1.54) is 0 Å². The summed E-state index contributed by atoms with van der Waals surface area (Å²) in [6, 6.07) is 6.17. The number of hydrogen-bond donors (Lipinski definition) is 2. The minimum Gasteiger partial charge on any atom is -0.506 e. The van der Waals surface area contributed by atoms with Crippen molar-refractivity contribution in [2.24, 2.45) is 0 Å². The monoisotopic (exact) mass is 286 g/mol. The van der Waals surface area contributed by atoms with E-state index in [0.717, 1.165) is 16.6 Å². The molecule has 16 heavy (non-hydrogen) atoms. The molecule has 1 rings (SSSR count). The topological polar surface area (TPSA) is 35.5 Å². The number of nitrogens with zero attached hydrogens (tertiary/aromatic N) is 1. The fraction of sp³-hybridized carbons (Fsp3) is 0.500. The maximum Gasteiger partial charge on any atom is 0.134 e. The van der Waals surface area contributed by atoms with E-state index in [0.29, 0.717) is 18.3 Å². The van der Waals surface area contributed by atoms with Crippen LogP contribution in [-0.2, 0) is 6.54 Å². The van der Waals surface area contributed by atoms with Crippen LogP contribution in [0.2, 0.25) is 0 Å². The Kier molecular flexibility index (Phi) is 5.25. The number of para-hydroxylation sites is 1. The van der Waals surface area contributed by atoms with Crippen LogP contribution in [-0.4, -0.2) is 36.7 Å². The predicted octanol–water partition coefficient (Wildman–Crippen LogP) is 2.19. The molecule has 0 fully saturated rings. The summed E-state index contributed by atoms with van der Waals surface area (Å²) in [5, 5.41) is 13.1. The molecular formula is C12H19BrN2O. The molecule has 2 N–H and O–H groups in total. The van der Waals surface area contributed by atoms with Gasteiger partial charge in [0, 0.05) is 24.7 Å². The maximum absolute atomic E-state index is 9.77. The van der Waals surface area contributed by atoms with Crippen molar-refractivity contribution in [3.8, 4) is 5.75 Å². The third kappa shape index (κ3) is 3.77. The molecule has 0 radical (unpaired) electrons. The quantitative estimate of drug-likeness (QED) is 0.871. The molecular weight excluding hydrogens is 268 g/mol. The van der Waals surface area contributed by atoms with Gasteiger partial charge in [0.1, 0.15) is 5.75 Å². The molecule has 0 bridgehead atoms. The summed E-state index contributed by atoms with van der Waals surface area (Å²) in [7, 11) is 4.12. The van der Waals surface area contributed by atoms with Crippen LogP contribution in [0.4, 0.5) is 0 Å². The van der Waals surface area contributed by atoms with Gasteiger partial charge in [0.2, 0.25) is 0 Å². The van der Waals surface area contributed by atoms with Crippen LogP contribution in [0.15, 0.2) is 22.7 Å². The van der Waals surface area contributed by atoms with E-state index in [-0.39, 0.29) is 0 Å². The molecule has 1 aromatic rings. The molecule has 3 nitrogen and oxygen atoms in total. The van der Waals surface area contributed by atoms with E-state index >= 15 is 0 Å². The first-order chi connectivity index (χ1) is 7.52. The van der Waals surface area contributed by atoms with Crippen molar-refractivity contribution < 1.29 is 5.11 Å². The Balaban J connectivity index is 2.46. The van der Waals surface area contributed by atoms with E-state index in [4.69, 9.17) is 0 Å². The Labute approximate surface area is 106 Å². The highest BCUT2D eigenvalue weighted by molar-refractivity contribution is 9.10. The number of halogens is 1. The standard InChI is InChI=1S/C12H19BrN2O/c1-9(15(2)3)7-14-8-10-5-4-6-11(13)12(10)16/h4-6,9,14,16H,7-8H2,1-3H3. The molecule has 0 aliphatic heterocycles. The molecule has 0 aliphatic rings. The second kappa shape index (κ2) is 6.23. The highest BCUT2D eigenvalue weighted by Gasteiger charge is 2.06.